The van der Waals surface area contributed by atoms with Crippen LogP contribution < -0.4 is 10.6 Å². The van der Waals surface area contributed by atoms with E-state index in [1.807, 2.05) is 26.0 Å². The van der Waals surface area contributed by atoms with Gasteiger partial charge >= 0.3 is 0 Å². The lowest BCUT2D eigenvalue weighted by Crippen LogP contribution is -2.14. The predicted molar refractivity (Wildman–Crippen MR) is 73.7 cm³/mol. The van der Waals surface area contributed by atoms with Crippen LogP contribution in [0.5, 0.6) is 0 Å². The average Bonchev–Trinajstić information content (AvgIpc) is 2.66. The Hall–Kier alpha value is -1.85. The van der Waals surface area contributed by atoms with Gasteiger partial charge in [-0.3, -0.25) is 0 Å². The average molecular weight is 248 g/mol. The van der Waals surface area contributed by atoms with Crippen molar-refractivity contribution < 1.29 is 0 Å². The molecule has 0 aliphatic heterocycles. The van der Waals surface area contributed by atoms with Gasteiger partial charge in [0.2, 0.25) is 0 Å². The van der Waals surface area contributed by atoms with Crippen LogP contribution in [-0.2, 0) is 13.5 Å². The first-order valence-corrected chi connectivity index (χ1v) is 6.21. The molecule has 2 heterocycles. The summed E-state index contributed by atoms with van der Waals surface area (Å²) in [4.78, 5) is 6.53. The van der Waals surface area contributed by atoms with Crippen LogP contribution in [0.3, 0.4) is 0 Å². The molecule has 6 heteroatoms. The van der Waals surface area contributed by atoms with Gasteiger partial charge in [-0.05, 0) is 6.42 Å². The van der Waals surface area contributed by atoms with E-state index in [9.17, 15) is 0 Å². The van der Waals surface area contributed by atoms with Gasteiger partial charge in [0.05, 0.1) is 0 Å². The zero-order chi connectivity index (χ0) is 13.3. The van der Waals surface area contributed by atoms with E-state index in [1.54, 1.807) is 0 Å². The van der Waals surface area contributed by atoms with E-state index in [4.69, 9.17) is 5.73 Å². The maximum atomic E-state index is 5.87. The van der Waals surface area contributed by atoms with Crippen LogP contribution in [0.2, 0.25) is 0 Å². The summed E-state index contributed by atoms with van der Waals surface area (Å²) in [7, 11) is 5.89. The lowest BCUT2D eigenvalue weighted by molar-refractivity contribution is 0.719. The van der Waals surface area contributed by atoms with E-state index in [0.29, 0.717) is 5.82 Å². The number of hydrogen-bond donors (Lipinski definition) is 1. The first kappa shape index (κ1) is 12.6. The minimum absolute atomic E-state index is 0.397. The van der Waals surface area contributed by atoms with Gasteiger partial charge in [0.25, 0.3) is 0 Å². The van der Waals surface area contributed by atoms with E-state index >= 15 is 0 Å². The minimum Gasteiger partial charge on any atom is -0.380 e. The maximum Gasteiger partial charge on any atom is 0.177 e. The number of imidazole rings is 1. The molecule has 0 aliphatic carbocycles. The molecule has 0 spiro atoms. The number of nitrogens with two attached hydrogens (primary N) is 1. The van der Waals surface area contributed by atoms with Gasteiger partial charge in [-0.15, -0.1) is 10.2 Å². The molecule has 98 valence electrons. The second-order valence-corrected chi connectivity index (χ2v) is 4.69. The van der Waals surface area contributed by atoms with Crippen LogP contribution in [0.25, 0.3) is 11.0 Å². The summed E-state index contributed by atoms with van der Waals surface area (Å²) in [6, 6.07) is 0. The number of aromatic nitrogens is 4. The van der Waals surface area contributed by atoms with E-state index in [2.05, 4.69) is 26.7 Å². The Morgan fingerprint density at radius 1 is 1.28 bits per heavy atom. The van der Waals surface area contributed by atoms with Gasteiger partial charge in [0.15, 0.2) is 11.6 Å². The number of hydrogen-bond acceptors (Lipinski definition) is 5. The molecule has 6 nitrogen and oxygen atoms in total. The molecule has 0 saturated heterocycles. The Kier molecular flexibility index (Phi) is 3.36. The molecule has 18 heavy (non-hydrogen) atoms. The molecule has 2 aromatic rings. The molecule has 0 aliphatic rings. The summed E-state index contributed by atoms with van der Waals surface area (Å²) < 4.78 is 2.07. The Bertz CT molecular complexity index is 557. The molecule has 0 fully saturated rings. The van der Waals surface area contributed by atoms with Crippen molar-refractivity contribution in [1.82, 2.24) is 19.7 Å². The lowest BCUT2D eigenvalue weighted by atomic mass is 10.2. The van der Waals surface area contributed by atoms with Crippen LogP contribution in [0.15, 0.2) is 0 Å². The van der Waals surface area contributed by atoms with Crippen LogP contribution in [0, 0.1) is 0 Å². The molecule has 2 N–H and O–H groups in total. The monoisotopic (exact) mass is 248 g/mol. The smallest absolute Gasteiger partial charge is 0.177 e. The van der Waals surface area contributed by atoms with Gasteiger partial charge in [-0.25, -0.2) is 4.98 Å². The van der Waals surface area contributed by atoms with E-state index in [0.717, 1.165) is 41.9 Å². The lowest BCUT2D eigenvalue weighted by Gasteiger charge is -2.12. The molecule has 0 saturated carbocycles. The largest absolute Gasteiger partial charge is 0.380 e. The molecule has 0 aromatic carbocycles. The molecule has 0 radical (unpaired) electrons. The second-order valence-electron chi connectivity index (χ2n) is 4.69. The van der Waals surface area contributed by atoms with Crippen molar-refractivity contribution >= 4 is 22.7 Å². The summed E-state index contributed by atoms with van der Waals surface area (Å²) in [6.45, 7) is 2.17. The number of unbranched alkanes of at least 4 members (excludes halogenated alkanes) is 1. The number of aryl methyl sites for hydroxylation is 2. The minimum atomic E-state index is 0.397. The van der Waals surface area contributed by atoms with E-state index < -0.39 is 0 Å². The summed E-state index contributed by atoms with van der Waals surface area (Å²) >= 11 is 0. The summed E-state index contributed by atoms with van der Waals surface area (Å²) in [6.07, 6.45) is 3.22. The normalized spacial score (nSPS) is 11.1. The predicted octanol–water partition coefficient (Wildman–Crippen LogP) is 1.35. The van der Waals surface area contributed by atoms with Crippen LogP contribution in [0.4, 0.5) is 11.6 Å². The van der Waals surface area contributed by atoms with Gasteiger partial charge in [0.1, 0.15) is 16.9 Å². The molecule has 0 bridgehead atoms. The van der Waals surface area contributed by atoms with Crippen LogP contribution in [-0.4, -0.2) is 33.8 Å². The third kappa shape index (κ3) is 1.98. The highest BCUT2D eigenvalue weighted by Gasteiger charge is 2.17. The molecule has 2 rings (SSSR count). The SMILES string of the molecule is CCCCc1nc2c(N)nnc(N(C)C)c2n1C. The highest BCUT2D eigenvalue weighted by atomic mass is 15.3. The first-order valence-electron chi connectivity index (χ1n) is 6.21. The summed E-state index contributed by atoms with van der Waals surface area (Å²) in [5, 5.41) is 8.12. The fraction of sp³-hybridized carbons (Fsp3) is 0.583. The van der Waals surface area contributed by atoms with E-state index in [1.165, 1.54) is 0 Å². The van der Waals surface area contributed by atoms with Crippen LogP contribution in [0.1, 0.15) is 25.6 Å². The highest BCUT2D eigenvalue weighted by Crippen LogP contribution is 2.26. The molecule has 0 amide bonds. The van der Waals surface area contributed by atoms with Crippen molar-refractivity contribution in [3.05, 3.63) is 5.82 Å². The Balaban J connectivity index is 2.62. The van der Waals surface area contributed by atoms with Crippen molar-refractivity contribution in [2.45, 2.75) is 26.2 Å². The van der Waals surface area contributed by atoms with Crippen molar-refractivity contribution in [1.29, 1.82) is 0 Å². The zero-order valence-electron chi connectivity index (χ0n) is 11.4. The fourth-order valence-electron chi connectivity index (χ4n) is 2.04. The topological polar surface area (TPSA) is 72.9 Å². The summed E-state index contributed by atoms with van der Waals surface area (Å²) in [5.74, 6) is 2.24. The molecule has 0 atom stereocenters. The van der Waals surface area contributed by atoms with Crippen molar-refractivity contribution in [2.24, 2.45) is 7.05 Å². The standard InChI is InChI=1S/C12H20N6/c1-5-6-7-8-14-9-10(18(8)4)12(17(2)3)16-15-11(9)13/h5-7H2,1-4H3,(H2,13,15). The Morgan fingerprint density at radius 2 is 2.00 bits per heavy atom. The Labute approximate surface area is 107 Å². The van der Waals surface area contributed by atoms with Gasteiger partial charge in [-0.1, -0.05) is 13.3 Å². The van der Waals surface area contributed by atoms with Crippen LogP contribution >= 0.6 is 0 Å². The first-order chi connectivity index (χ1) is 8.56. The molecular weight excluding hydrogens is 228 g/mol. The quantitative estimate of drug-likeness (QED) is 0.884. The zero-order valence-corrected chi connectivity index (χ0v) is 11.4. The Morgan fingerprint density at radius 3 is 2.61 bits per heavy atom. The fourth-order valence-corrected chi connectivity index (χ4v) is 2.04. The highest BCUT2D eigenvalue weighted by molar-refractivity contribution is 5.93. The molecular formula is C12H20N6. The third-order valence-electron chi connectivity index (χ3n) is 3.07. The summed E-state index contributed by atoms with van der Waals surface area (Å²) in [5.41, 5.74) is 7.58. The molecule has 2 aromatic heterocycles. The van der Waals surface area contributed by atoms with Crippen molar-refractivity contribution in [2.75, 3.05) is 24.7 Å². The number of rotatable bonds is 4. The van der Waals surface area contributed by atoms with E-state index in [-0.39, 0.29) is 0 Å². The number of nitrogens with zero attached hydrogens (tertiary/aromatic N) is 5. The van der Waals surface area contributed by atoms with Crippen molar-refractivity contribution in [3.63, 3.8) is 0 Å². The van der Waals surface area contributed by atoms with Crippen molar-refractivity contribution in [3.8, 4) is 0 Å². The maximum absolute atomic E-state index is 5.87. The number of nitrogen functional groups attached to an aromatic ring is 1. The van der Waals surface area contributed by atoms with Gasteiger partial charge in [0, 0.05) is 27.6 Å². The van der Waals surface area contributed by atoms with Gasteiger partial charge in [-0.2, -0.15) is 0 Å². The van der Waals surface area contributed by atoms with Gasteiger partial charge < -0.3 is 15.2 Å². The number of fused-ring (bicyclic) bond motifs is 1. The number of anilines is 2. The molecule has 0 unspecified atom stereocenters. The second kappa shape index (κ2) is 4.80. The third-order valence-corrected chi connectivity index (χ3v) is 3.07.